The minimum atomic E-state index is -3.23. The molecular weight excluding hydrogens is 374 g/mol. The van der Waals surface area contributed by atoms with Crippen molar-refractivity contribution in [3.05, 3.63) is 71.3 Å². The van der Waals surface area contributed by atoms with E-state index in [1.54, 1.807) is 39.0 Å². The highest BCUT2D eigenvalue weighted by Crippen LogP contribution is 2.33. The van der Waals surface area contributed by atoms with E-state index in [-0.39, 0.29) is 12.0 Å². The maximum atomic E-state index is 15.1. The maximum Gasteiger partial charge on any atom is 0.408 e. The second-order valence-corrected chi connectivity index (χ2v) is 8.14. The van der Waals surface area contributed by atoms with Crippen LogP contribution in [0.1, 0.15) is 43.9 Å². The summed E-state index contributed by atoms with van der Waals surface area (Å²) in [4.78, 5) is 12.2. The van der Waals surface area contributed by atoms with E-state index in [4.69, 9.17) is 4.74 Å². The van der Waals surface area contributed by atoms with Crippen LogP contribution in [0.2, 0.25) is 0 Å². The van der Waals surface area contributed by atoms with Crippen molar-refractivity contribution in [3.63, 3.8) is 0 Å². The van der Waals surface area contributed by atoms with E-state index in [0.717, 1.165) is 11.1 Å². The molecule has 4 nitrogen and oxygen atoms in total. The molecule has 1 amide bonds. The van der Waals surface area contributed by atoms with E-state index in [2.05, 4.69) is 10.6 Å². The monoisotopic (exact) mass is 404 g/mol. The Kier molecular flexibility index (Phi) is 7.73. The summed E-state index contributed by atoms with van der Waals surface area (Å²) in [5.74, 6) is -3.23. The molecule has 0 heterocycles. The molecule has 0 spiro atoms. The summed E-state index contributed by atoms with van der Waals surface area (Å²) in [6, 6.07) is 14.1. The Balaban J connectivity index is 2.04. The molecule has 158 valence electrons. The molecule has 0 aliphatic carbocycles. The SMILES string of the molecule is Cc1cccc(CNCCC(NC(=O)OC(C)(C)C)C(F)(F)c2ccccc2)c1. The molecule has 1 atom stereocenters. The van der Waals surface area contributed by atoms with Gasteiger partial charge in [-0.15, -0.1) is 0 Å². The van der Waals surface area contributed by atoms with E-state index in [1.807, 2.05) is 31.2 Å². The molecule has 0 aliphatic heterocycles. The molecule has 0 saturated carbocycles. The summed E-state index contributed by atoms with van der Waals surface area (Å²) < 4.78 is 35.4. The summed E-state index contributed by atoms with van der Waals surface area (Å²) >= 11 is 0. The fraction of sp³-hybridized carbons (Fsp3) is 0.435. The molecule has 2 aromatic carbocycles. The van der Waals surface area contributed by atoms with Gasteiger partial charge < -0.3 is 15.4 Å². The molecule has 29 heavy (non-hydrogen) atoms. The van der Waals surface area contributed by atoms with Gasteiger partial charge >= 0.3 is 6.09 Å². The van der Waals surface area contributed by atoms with Gasteiger partial charge in [0.05, 0.1) is 0 Å². The Bertz CT molecular complexity index is 789. The van der Waals surface area contributed by atoms with Crippen LogP contribution < -0.4 is 10.6 Å². The largest absolute Gasteiger partial charge is 0.444 e. The van der Waals surface area contributed by atoms with Crippen LogP contribution in [-0.2, 0) is 17.2 Å². The van der Waals surface area contributed by atoms with Crippen LogP contribution in [0.15, 0.2) is 54.6 Å². The predicted molar refractivity (Wildman–Crippen MR) is 111 cm³/mol. The number of benzene rings is 2. The van der Waals surface area contributed by atoms with Gasteiger partial charge in [0, 0.05) is 12.1 Å². The van der Waals surface area contributed by atoms with E-state index in [9.17, 15) is 4.79 Å². The number of alkyl halides is 2. The van der Waals surface area contributed by atoms with Gasteiger partial charge in [0.15, 0.2) is 0 Å². The first-order valence-electron chi connectivity index (χ1n) is 9.77. The third kappa shape index (κ3) is 7.46. The van der Waals surface area contributed by atoms with Crippen molar-refractivity contribution in [2.24, 2.45) is 0 Å². The van der Waals surface area contributed by atoms with Crippen LogP contribution in [0.25, 0.3) is 0 Å². The van der Waals surface area contributed by atoms with Crippen molar-refractivity contribution in [2.45, 2.75) is 58.2 Å². The number of halogens is 2. The van der Waals surface area contributed by atoms with Crippen LogP contribution >= 0.6 is 0 Å². The van der Waals surface area contributed by atoms with Gasteiger partial charge in [0.25, 0.3) is 5.92 Å². The summed E-state index contributed by atoms with van der Waals surface area (Å²) in [6.07, 6.45) is -0.802. The molecule has 0 bridgehead atoms. The van der Waals surface area contributed by atoms with Gasteiger partial charge in [-0.2, -0.15) is 8.78 Å². The van der Waals surface area contributed by atoms with E-state index >= 15 is 8.78 Å². The Morgan fingerprint density at radius 3 is 2.38 bits per heavy atom. The first kappa shape index (κ1) is 22.8. The number of hydrogen-bond acceptors (Lipinski definition) is 3. The van der Waals surface area contributed by atoms with E-state index in [0.29, 0.717) is 13.1 Å². The average molecular weight is 405 g/mol. The summed E-state index contributed by atoms with van der Waals surface area (Å²) in [5.41, 5.74) is 1.32. The van der Waals surface area contributed by atoms with Crippen LogP contribution in [0.5, 0.6) is 0 Å². The number of carbonyl (C=O) groups excluding carboxylic acids is 1. The fourth-order valence-electron chi connectivity index (χ4n) is 2.96. The molecule has 2 aromatic rings. The van der Waals surface area contributed by atoms with Crippen molar-refractivity contribution in [3.8, 4) is 0 Å². The second-order valence-electron chi connectivity index (χ2n) is 8.14. The topological polar surface area (TPSA) is 50.4 Å². The molecule has 0 fully saturated rings. The number of alkyl carbamates (subject to hydrolysis) is 1. The minimum Gasteiger partial charge on any atom is -0.444 e. The average Bonchev–Trinajstić information content (AvgIpc) is 2.63. The molecule has 0 saturated heterocycles. The third-order valence-corrected chi connectivity index (χ3v) is 4.31. The Labute approximate surface area is 171 Å². The highest BCUT2D eigenvalue weighted by Gasteiger charge is 2.42. The minimum absolute atomic E-state index is 0.0486. The Morgan fingerprint density at radius 2 is 1.76 bits per heavy atom. The molecular formula is C23H30F2N2O2. The summed E-state index contributed by atoms with van der Waals surface area (Å²) in [6.45, 7) is 7.97. The fourth-order valence-corrected chi connectivity index (χ4v) is 2.96. The standard InChI is InChI=1S/C23H30F2N2O2/c1-17-9-8-10-18(15-17)16-26-14-13-20(27-21(28)29-22(2,3)4)23(24,25)19-11-6-5-7-12-19/h5-12,15,20,26H,13-14,16H2,1-4H3,(H,27,28). The molecule has 2 rings (SSSR count). The lowest BCUT2D eigenvalue weighted by Crippen LogP contribution is -2.48. The molecule has 1 unspecified atom stereocenters. The number of nitrogens with one attached hydrogen (secondary N) is 2. The predicted octanol–water partition coefficient (Wildman–Crippen LogP) is 5.16. The normalized spacial score (nSPS) is 13.0. The van der Waals surface area contributed by atoms with Crippen molar-refractivity contribution >= 4 is 6.09 Å². The molecule has 2 N–H and O–H groups in total. The van der Waals surface area contributed by atoms with Crippen LogP contribution in [-0.4, -0.2) is 24.3 Å². The number of carbonyl (C=O) groups is 1. The number of rotatable bonds is 8. The lowest BCUT2D eigenvalue weighted by Gasteiger charge is -2.29. The Morgan fingerprint density at radius 1 is 1.07 bits per heavy atom. The first-order valence-corrected chi connectivity index (χ1v) is 9.77. The zero-order chi connectivity index (χ0) is 21.5. The van der Waals surface area contributed by atoms with Gasteiger partial charge in [0.2, 0.25) is 0 Å². The molecule has 0 radical (unpaired) electrons. The quantitative estimate of drug-likeness (QED) is 0.598. The van der Waals surface area contributed by atoms with Crippen molar-refractivity contribution in [1.82, 2.24) is 10.6 Å². The maximum absolute atomic E-state index is 15.1. The summed E-state index contributed by atoms with van der Waals surface area (Å²) in [7, 11) is 0. The Hall–Kier alpha value is -2.47. The van der Waals surface area contributed by atoms with Crippen molar-refractivity contribution in [2.75, 3.05) is 6.54 Å². The zero-order valence-electron chi connectivity index (χ0n) is 17.5. The number of hydrogen-bond donors (Lipinski definition) is 2. The lowest BCUT2D eigenvalue weighted by molar-refractivity contribution is -0.0490. The molecule has 6 heteroatoms. The van der Waals surface area contributed by atoms with Gasteiger partial charge in [0.1, 0.15) is 11.6 Å². The molecule has 0 aromatic heterocycles. The van der Waals surface area contributed by atoms with Gasteiger partial charge in [-0.25, -0.2) is 4.79 Å². The van der Waals surface area contributed by atoms with Crippen molar-refractivity contribution in [1.29, 1.82) is 0 Å². The van der Waals surface area contributed by atoms with Crippen LogP contribution in [0.3, 0.4) is 0 Å². The highest BCUT2D eigenvalue weighted by molar-refractivity contribution is 5.68. The first-order chi connectivity index (χ1) is 13.6. The van der Waals surface area contributed by atoms with Gasteiger partial charge in [-0.1, -0.05) is 60.2 Å². The van der Waals surface area contributed by atoms with E-state index < -0.39 is 23.7 Å². The number of aryl methyl sites for hydroxylation is 1. The highest BCUT2D eigenvalue weighted by atomic mass is 19.3. The van der Waals surface area contributed by atoms with Gasteiger partial charge in [-0.05, 0) is 46.2 Å². The van der Waals surface area contributed by atoms with Gasteiger partial charge in [-0.3, -0.25) is 0 Å². The van der Waals surface area contributed by atoms with Crippen molar-refractivity contribution < 1.29 is 18.3 Å². The van der Waals surface area contributed by atoms with Crippen LogP contribution in [0.4, 0.5) is 13.6 Å². The van der Waals surface area contributed by atoms with Crippen LogP contribution in [0, 0.1) is 6.92 Å². The zero-order valence-corrected chi connectivity index (χ0v) is 17.5. The second kappa shape index (κ2) is 9.83. The summed E-state index contributed by atoms with van der Waals surface area (Å²) in [5, 5.41) is 5.55. The lowest BCUT2D eigenvalue weighted by atomic mass is 9.98. The molecule has 0 aliphatic rings. The third-order valence-electron chi connectivity index (χ3n) is 4.31. The number of amides is 1. The number of ether oxygens (including phenoxy) is 1. The van der Waals surface area contributed by atoms with E-state index in [1.165, 1.54) is 12.1 Å². The smallest absolute Gasteiger partial charge is 0.408 e.